The molecule has 0 spiro atoms. The van der Waals surface area contributed by atoms with Crippen LogP contribution in [-0.4, -0.2) is 157 Å². The van der Waals surface area contributed by atoms with Crippen molar-refractivity contribution >= 4 is 49.4 Å². The molecular weight excluding hydrogens is 1060 g/mol. The van der Waals surface area contributed by atoms with Crippen LogP contribution in [0.1, 0.15) is 58.6 Å². The van der Waals surface area contributed by atoms with E-state index in [4.69, 9.17) is 8.83 Å². The maximum Gasteiger partial charge on any atom is 0.324 e. The fourth-order valence-electron chi connectivity index (χ4n) is 8.63. The smallest absolute Gasteiger partial charge is 0.324 e. The number of carbonyl (C=O) groups excluding carboxylic acids is 3. The summed E-state index contributed by atoms with van der Waals surface area (Å²) in [6.07, 6.45) is -5.31. The van der Waals surface area contributed by atoms with Crippen molar-refractivity contribution in [2.75, 3.05) is 91.7 Å². The number of benzene rings is 4. The molecule has 0 unspecified atom stereocenters. The van der Waals surface area contributed by atoms with Crippen LogP contribution < -0.4 is 9.80 Å². The summed E-state index contributed by atoms with van der Waals surface area (Å²) in [5.74, 6) is -4.37. The molecule has 0 saturated carbocycles. The number of urea groups is 2. The number of piperazine rings is 1. The van der Waals surface area contributed by atoms with Gasteiger partial charge < -0.3 is 23.5 Å². The molecule has 27 heteroatoms. The van der Waals surface area contributed by atoms with Gasteiger partial charge in [0, 0.05) is 98.1 Å². The number of carbonyl (C=O) groups is 3. The van der Waals surface area contributed by atoms with E-state index in [2.05, 4.69) is 37.1 Å². The van der Waals surface area contributed by atoms with Crippen LogP contribution in [0, 0.1) is 11.6 Å². The molecule has 4 amide bonds. The average Bonchev–Trinajstić information content (AvgIpc) is 4.13. The number of alkyl halides is 4. The second kappa shape index (κ2) is 24.4. The number of rotatable bonds is 14. The van der Waals surface area contributed by atoms with E-state index >= 15 is 8.78 Å². The first kappa shape index (κ1) is 56.0. The van der Waals surface area contributed by atoms with E-state index in [-0.39, 0.29) is 96.3 Å². The highest BCUT2D eigenvalue weighted by Gasteiger charge is 2.32. The lowest BCUT2D eigenvalue weighted by molar-refractivity contribution is 0.112. The van der Waals surface area contributed by atoms with Gasteiger partial charge in [-0.25, -0.2) is 35.2 Å². The first-order chi connectivity index (χ1) is 36.8. The van der Waals surface area contributed by atoms with Crippen LogP contribution in [-0.2, 0) is 39.3 Å². The number of nitrogens with zero attached hydrogens (tertiary/aromatic N) is 10. The Balaban J connectivity index is 0.000000207. The minimum absolute atomic E-state index is 0.0178. The maximum atomic E-state index is 15.4. The summed E-state index contributed by atoms with van der Waals surface area (Å²) in [7, 11) is -6.45. The van der Waals surface area contributed by atoms with E-state index < -0.39 is 68.0 Å². The molecule has 0 aliphatic carbocycles. The molecule has 9 rings (SSSR count). The molecule has 4 aromatic carbocycles. The van der Waals surface area contributed by atoms with Crippen LogP contribution in [0.25, 0.3) is 22.9 Å². The second-order valence-electron chi connectivity index (χ2n) is 18.2. The molecule has 0 radical (unpaired) electrons. The monoisotopic (exact) mass is 1110 g/mol. The van der Waals surface area contributed by atoms with Gasteiger partial charge in [-0.2, -0.15) is 17.6 Å². The zero-order valence-electron chi connectivity index (χ0n) is 41.4. The molecule has 0 atom stereocenters. The lowest BCUT2D eigenvalue weighted by Crippen LogP contribution is -2.50. The van der Waals surface area contributed by atoms with Gasteiger partial charge in [0.25, 0.3) is 11.8 Å². The Labute approximate surface area is 438 Å². The van der Waals surface area contributed by atoms with Gasteiger partial charge in [-0.3, -0.25) is 19.5 Å². The summed E-state index contributed by atoms with van der Waals surface area (Å²) in [4.78, 5) is 48.6. The number of likely N-dealkylation sites (N-methyl/N-ethyl adjacent to an activating group) is 1. The number of sulfone groups is 2. The molecule has 410 valence electrons. The van der Waals surface area contributed by atoms with Crippen molar-refractivity contribution in [3.05, 3.63) is 131 Å². The van der Waals surface area contributed by atoms with E-state index in [1.165, 1.54) is 49.9 Å². The summed E-state index contributed by atoms with van der Waals surface area (Å²) in [6.45, 7) is 7.36. The first-order valence-corrected chi connectivity index (χ1v) is 27.9. The third kappa shape index (κ3) is 14.2. The number of halogens is 6. The van der Waals surface area contributed by atoms with Gasteiger partial charge >= 0.3 is 24.9 Å². The Bertz CT molecular complexity index is 3280. The molecule has 0 N–H and O–H groups in total. The molecule has 0 bridgehead atoms. The molecule has 6 aromatic rings. The highest BCUT2D eigenvalue weighted by atomic mass is 32.2. The Morgan fingerprint density at radius 2 is 1.04 bits per heavy atom. The van der Waals surface area contributed by atoms with Crippen molar-refractivity contribution in [2.24, 2.45) is 0 Å². The number of anilines is 2. The number of hydrogen-bond acceptors (Lipinski definition) is 15. The maximum absolute atomic E-state index is 15.4. The number of aromatic nitrogens is 4. The fourth-order valence-corrected chi connectivity index (χ4v) is 11.0. The van der Waals surface area contributed by atoms with Crippen molar-refractivity contribution < 1.29 is 66.4 Å². The summed E-state index contributed by atoms with van der Waals surface area (Å²) in [5, 5.41) is 13.5. The van der Waals surface area contributed by atoms with E-state index in [9.17, 15) is 48.8 Å². The van der Waals surface area contributed by atoms with Gasteiger partial charge in [-0.1, -0.05) is 43.3 Å². The van der Waals surface area contributed by atoms with E-state index in [1.807, 2.05) is 18.2 Å². The summed E-state index contributed by atoms with van der Waals surface area (Å²) >= 11 is 0. The molecule has 19 nitrogen and oxygen atoms in total. The standard InChI is InChI=1S/C28H33F3N6O4S.C22H19F3N4O5S/c1-2-34-8-10-35(11-9-34)18-20-4-3-5-23(16-20)37(28(38)36-12-14-42(39,40)15-13-36)19-22-7-6-21(17-24(22)29)26-32-33-27(41-26)25(30)31;23-18-11-15(20-26-27-21(34-20)19(24)25)4-5-16(18)12-29(17-3-1-2-14(10-17)13-30)22(31)28-6-8-35(32,33)9-7-28/h3-7,16-17,25H,2,8-15,18-19H2,1H3;1-5,10-11,13,19H,6-9,12H2. The largest absolute Gasteiger partial charge is 0.415 e. The quantitative estimate of drug-likeness (QED) is 0.0773. The Kier molecular flexibility index (Phi) is 17.7. The van der Waals surface area contributed by atoms with Crippen molar-refractivity contribution in [3.63, 3.8) is 0 Å². The van der Waals surface area contributed by atoms with Crippen LogP contribution in [0.15, 0.2) is 93.8 Å². The van der Waals surface area contributed by atoms with Crippen LogP contribution >= 0.6 is 0 Å². The molecule has 3 saturated heterocycles. The number of amides is 4. The molecule has 77 heavy (non-hydrogen) atoms. The highest BCUT2D eigenvalue weighted by molar-refractivity contribution is 7.91. The van der Waals surface area contributed by atoms with Gasteiger partial charge in [0.2, 0.25) is 11.8 Å². The minimum Gasteiger partial charge on any atom is -0.415 e. The summed E-state index contributed by atoms with van der Waals surface area (Å²) in [6, 6.07) is 20.4. The van der Waals surface area contributed by atoms with E-state index in [0.29, 0.717) is 29.8 Å². The first-order valence-electron chi connectivity index (χ1n) is 24.2. The predicted octanol–water partition coefficient (Wildman–Crippen LogP) is 7.29. The number of aldehydes is 1. The van der Waals surface area contributed by atoms with Gasteiger partial charge in [0.1, 0.15) is 17.9 Å². The van der Waals surface area contributed by atoms with E-state index in [1.54, 1.807) is 24.3 Å². The normalized spacial score (nSPS) is 16.7. The molecule has 5 heterocycles. The van der Waals surface area contributed by atoms with Crippen molar-refractivity contribution in [3.8, 4) is 22.9 Å². The third-order valence-electron chi connectivity index (χ3n) is 13.1. The van der Waals surface area contributed by atoms with E-state index in [0.717, 1.165) is 50.4 Å². The zero-order chi connectivity index (χ0) is 55.0. The van der Waals surface area contributed by atoms with Gasteiger partial charge in [0.15, 0.2) is 19.7 Å². The predicted molar refractivity (Wildman–Crippen MR) is 269 cm³/mol. The molecule has 3 fully saturated rings. The molecular formula is C50H52F6N10O9S2. The van der Waals surface area contributed by atoms with Crippen LogP contribution in [0.4, 0.5) is 47.3 Å². The van der Waals surface area contributed by atoms with Crippen LogP contribution in [0.2, 0.25) is 0 Å². The van der Waals surface area contributed by atoms with Crippen molar-refractivity contribution in [2.45, 2.75) is 39.4 Å². The van der Waals surface area contributed by atoms with Crippen molar-refractivity contribution in [1.29, 1.82) is 0 Å². The lowest BCUT2D eigenvalue weighted by atomic mass is 10.1. The second-order valence-corrected chi connectivity index (χ2v) is 22.8. The van der Waals surface area contributed by atoms with Gasteiger partial charge in [-0.05, 0) is 60.6 Å². The summed E-state index contributed by atoms with van der Waals surface area (Å²) in [5.41, 5.74) is 2.62. The fraction of sp³-hybridized carbons (Fsp3) is 0.380. The van der Waals surface area contributed by atoms with Crippen LogP contribution in [0.3, 0.4) is 0 Å². The van der Waals surface area contributed by atoms with Gasteiger partial charge in [0.05, 0.1) is 36.1 Å². The zero-order valence-corrected chi connectivity index (χ0v) is 43.0. The van der Waals surface area contributed by atoms with Crippen molar-refractivity contribution in [1.82, 2.24) is 40.0 Å². The van der Waals surface area contributed by atoms with Gasteiger partial charge in [-0.15, -0.1) is 20.4 Å². The Morgan fingerprint density at radius 3 is 1.45 bits per heavy atom. The minimum atomic E-state index is -3.24. The van der Waals surface area contributed by atoms with Crippen LogP contribution in [0.5, 0.6) is 0 Å². The molecule has 3 aliphatic heterocycles. The average molecular weight is 1120 g/mol. The number of hydrogen-bond donors (Lipinski definition) is 0. The lowest BCUT2D eigenvalue weighted by Gasteiger charge is -2.35. The Morgan fingerprint density at radius 1 is 0.597 bits per heavy atom. The molecule has 2 aromatic heterocycles. The topological polar surface area (TPSA) is 217 Å². The highest BCUT2D eigenvalue weighted by Crippen LogP contribution is 2.30. The SMILES string of the molecule is CCN1CCN(Cc2cccc(N(Cc3ccc(-c4nnc(C(F)F)o4)cc3F)C(=O)N3CCS(=O)(=O)CC3)c2)CC1.O=Cc1cccc(N(Cc2ccc(-c3nnc(C(F)F)o3)cc2F)C(=O)N2CCS(=O)(=O)CC2)c1. The Hall–Kier alpha value is -7.23. The molecule has 3 aliphatic rings. The summed E-state index contributed by atoms with van der Waals surface area (Å²) < 4.78 is 139. The third-order valence-corrected chi connectivity index (χ3v) is 16.3.